The van der Waals surface area contributed by atoms with Gasteiger partial charge in [0.1, 0.15) is 0 Å². The maximum atomic E-state index is 10.5. The van der Waals surface area contributed by atoms with E-state index in [1.807, 2.05) is 7.05 Å². The number of hydrogen-bond donors (Lipinski definition) is 0. The summed E-state index contributed by atoms with van der Waals surface area (Å²) in [5.41, 5.74) is 0. The molecule has 0 aliphatic carbocycles. The standard InChI is InChI=1S/C6H13NO.C4H10.C3H8/c1-4-5-7(3)6(2)8;1-3-4-2;1-3-2/h4-5H2,1-3H3;3-4H2,1-2H3;3H2,1-2H3. The van der Waals surface area contributed by atoms with Crippen LogP contribution in [0.1, 0.15) is 67.2 Å². The minimum atomic E-state index is 0.145. The first-order chi connectivity index (χ1) is 7.01. The Morgan fingerprint density at radius 2 is 1.27 bits per heavy atom. The van der Waals surface area contributed by atoms with Gasteiger partial charge in [0.2, 0.25) is 5.91 Å². The van der Waals surface area contributed by atoms with Crippen molar-refractivity contribution in [1.29, 1.82) is 0 Å². The highest BCUT2D eigenvalue weighted by molar-refractivity contribution is 5.72. The zero-order chi connectivity index (χ0) is 12.7. The van der Waals surface area contributed by atoms with Crippen LogP contribution in [0.2, 0.25) is 0 Å². The summed E-state index contributed by atoms with van der Waals surface area (Å²) in [6.45, 7) is 13.1. The van der Waals surface area contributed by atoms with Gasteiger partial charge >= 0.3 is 0 Å². The molecule has 0 atom stereocenters. The second-order valence-electron chi connectivity index (χ2n) is 3.65. The SMILES string of the molecule is CCC.CCCC.CCCN(C)C(C)=O. The van der Waals surface area contributed by atoms with Gasteiger partial charge in [-0.2, -0.15) is 0 Å². The molecule has 0 aromatic carbocycles. The zero-order valence-corrected chi connectivity index (χ0v) is 11.9. The topological polar surface area (TPSA) is 20.3 Å². The van der Waals surface area contributed by atoms with Crippen molar-refractivity contribution < 1.29 is 4.79 Å². The minimum Gasteiger partial charge on any atom is -0.346 e. The molecule has 0 saturated carbocycles. The fourth-order valence-corrected chi connectivity index (χ4v) is 0.493. The van der Waals surface area contributed by atoms with Crippen molar-refractivity contribution in [3.8, 4) is 0 Å². The molecule has 2 nitrogen and oxygen atoms in total. The molecule has 0 unspecified atom stereocenters. The third-order valence-corrected chi connectivity index (χ3v) is 1.60. The Kier molecular flexibility index (Phi) is 25.4. The third kappa shape index (κ3) is 31.8. The lowest BCUT2D eigenvalue weighted by molar-refractivity contribution is -0.127. The molecule has 1 amide bonds. The number of nitrogens with zero attached hydrogens (tertiary/aromatic N) is 1. The van der Waals surface area contributed by atoms with Crippen molar-refractivity contribution in [2.24, 2.45) is 0 Å². The van der Waals surface area contributed by atoms with Gasteiger partial charge in [0.15, 0.2) is 0 Å². The van der Waals surface area contributed by atoms with E-state index in [9.17, 15) is 4.79 Å². The van der Waals surface area contributed by atoms with E-state index in [1.54, 1.807) is 11.8 Å². The molecule has 0 aliphatic heterocycles. The summed E-state index contributed by atoms with van der Waals surface area (Å²) >= 11 is 0. The van der Waals surface area contributed by atoms with Gasteiger partial charge in [-0.1, -0.05) is 53.9 Å². The number of carbonyl (C=O) groups excluding carboxylic acids is 1. The Bertz CT molecular complexity index is 111. The predicted molar refractivity (Wildman–Crippen MR) is 70.1 cm³/mol. The summed E-state index contributed by atoms with van der Waals surface area (Å²) < 4.78 is 0. The van der Waals surface area contributed by atoms with Crippen molar-refractivity contribution >= 4 is 5.91 Å². The highest BCUT2D eigenvalue weighted by atomic mass is 16.2. The number of unbranched alkanes of at least 4 members (excludes halogenated alkanes) is 1. The van der Waals surface area contributed by atoms with Crippen molar-refractivity contribution in [3.05, 3.63) is 0 Å². The van der Waals surface area contributed by atoms with Crippen LogP contribution in [-0.4, -0.2) is 24.4 Å². The predicted octanol–water partition coefficient (Wildman–Crippen LogP) is 4.10. The first-order valence-electron chi connectivity index (χ1n) is 6.23. The third-order valence-electron chi connectivity index (χ3n) is 1.60. The van der Waals surface area contributed by atoms with Crippen LogP contribution in [0.5, 0.6) is 0 Å². The molecule has 0 radical (unpaired) electrons. The fraction of sp³-hybridized carbons (Fsp3) is 0.923. The van der Waals surface area contributed by atoms with E-state index in [-0.39, 0.29) is 5.91 Å². The molecule has 0 aliphatic rings. The molecule has 2 heteroatoms. The number of hydrogen-bond acceptors (Lipinski definition) is 1. The second kappa shape index (κ2) is 19.1. The van der Waals surface area contributed by atoms with Crippen molar-refractivity contribution in [1.82, 2.24) is 4.90 Å². The monoisotopic (exact) mass is 217 g/mol. The zero-order valence-electron chi connectivity index (χ0n) is 11.9. The molecule has 0 heterocycles. The van der Waals surface area contributed by atoms with Crippen molar-refractivity contribution in [2.75, 3.05) is 13.6 Å². The van der Waals surface area contributed by atoms with Gasteiger partial charge in [-0.15, -0.1) is 0 Å². The van der Waals surface area contributed by atoms with Gasteiger partial charge in [0.25, 0.3) is 0 Å². The van der Waals surface area contributed by atoms with Gasteiger partial charge in [-0.25, -0.2) is 0 Å². The van der Waals surface area contributed by atoms with Crippen LogP contribution in [0.15, 0.2) is 0 Å². The average Bonchev–Trinajstić information content (AvgIpc) is 2.20. The lowest BCUT2D eigenvalue weighted by Crippen LogP contribution is -2.24. The van der Waals surface area contributed by atoms with Crippen LogP contribution in [0, 0.1) is 0 Å². The molecular weight excluding hydrogens is 186 g/mol. The second-order valence-corrected chi connectivity index (χ2v) is 3.65. The molecule has 94 valence electrons. The van der Waals surface area contributed by atoms with E-state index in [0.717, 1.165) is 13.0 Å². The summed E-state index contributed by atoms with van der Waals surface area (Å²) in [5.74, 6) is 0.145. The van der Waals surface area contributed by atoms with Crippen molar-refractivity contribution in [2.45, 2.75) is 67.2 Å². The van der Waals surface area contributed by atoms with Crippen LogP contribution < -0.4 is 0 Å². The molecular formula is C13H31NO. The van der Waals surface area contributed by atoms with Gasteiger partial charge < -0.3 is 4.90 Å². The normalized spacial score (nSPS) is 7.93. The lowest BCUT2D eigenvalue weighted by atomic mass is 10.4. The summed E-state index contributed by atoms with van der Waals surface area (Å²) in [6.07, 6.45) is 4.93. The van der Waals surface area contributed by atoms with Crippen molar-refractivity contribution in [3.63, 3.8) is 0 Å². The number of rotatable bonds is 3. The van der Waals surface area contributed by atoms with Crippen LogP contribution in [0.25, 0.3) is 0 Å². The molecule has 0 spiro atoms. The maximum absolute atomic E-state index is 10.5. The van der Waals surface area contributed by atoms with Gasteiger partial charge in [-0.05, 0) is 6.42 Å². The maximum Gasteiger partial charge on any atom is 0.219 e. The molecule has 0 fully saturated rings. The molecule has 0 aromatic rings. The largest absolute Gasteiger partial charge is 0.346 e. The molecule has 0 aromatic heterocycles. The summed E-state index contributed by atoms with van der Waals surface area (Å²) in [5, 5.41) is 0. The Morgan fingerprint density at radius 3 is 1.33 bits per heavy atom. The minimum absolute atomic E-state index is 0.145. The molecule has 15 heavy (non-hydrogen) atoms. The van der Waals surface area contributed by atoms with E-state index < -0.39 is 0 Å². The Labute approximate surface area is 97.1 Å². The van der Waals surface area contributed by atoms with Crippen LogP contribution in [-0.2, 0) is 4.79 Å². The Hall–Kier alpha value is -0.530. The fourth-order valence-electron chi connectivity index (χ4n) is 0.493. The smallest absolute Gasteiger partial charge is 0.219 e. The summed E-state index contributed by atoms with van der Waals surface area (Å²) in [6, 6.07) is 0. The molecule has 0 N–H and O–H groups in total. The molecule has 0 saturated heterocycles. The van der Waals surface area contributed by atoms with E-state index in [4.69, 9.17) is 0 Å². The van der Waals surface area contributed by atoms with E-state index in [1.165, 1.54) is 19.3 Å². The van der Waals surface area contributed by atoms with E-state index >= 15 is 0 Å². The number of carbonyl (C=O) groups is 1. The average molecular weight is 217 g/mol. The summed E-state index contributed by atoms with van der Waals surface area (Å²) in [7, 11) is 1.81. The van der Waals surface area contributed by atoms with Crippen LogP contribution >= 0.6 is 0 Å². The van der Waals surface area contributed by atoms with E-state index in [0.29, 0.717) is 0 Å². The molecule has 0 rings (SSSR count). The first-order valence-corrected chi connectivity index (χ1v) is 6.23. The Morgan fingerprint density at radius 1 is 0.933 bits per heavy atom. The first kappa shape index (κ1) is 20.0. The highest BCUT2D eigenvalue weighted by Crippen LogP contribution is 1.84. The molecule has 0 bridgehead atoms. The highest BCUT2D eigenvalue weighted by Gasteiger charge is 1.96. The number of amides is 1. The van der Waals surface area contributed by atoms with E-state index in [2.05, 4.69) is 34.6 Å². The Balaban J connectivity index is -0.000000173. The summed E-state index contributed by atoms with van der Waals surface area (Å²) in [4.78, 5) is 12.2. The van der Waals surface area contributed by atoms with Crippen LogP contribution in [0.4, 0.5) is 0 Å². The van der Waals surface area contributed by atoms with Gasteiger partial charge in [0.05, 0.1) is 0 Å². The van der Waals surface area contributed by atoms with Gasteiger partial charge in [0, 0.05) is 20.5 Å². The van der Waals surface area contributed by atoms with Gasteiger partial charge in [-0.3, -0.25) is 4.79 Å². The van der Waals surface area contributed by atoms with Crippen LogP contribution in [0.3, 0.4) is 0 Å². The quantitative estimate of drug-likeness (QED) is 0.697. The lowest BCUT2D eigenvalue weighted by Gasteiger charge is -2.11.